The number of nitrogens with one attached hydrogen (secondary N) is 2. The molecule has 0 aliphatic carbocycles. The van der Waals surface area contributed by atoms with Crippen LogP contribution in [0.3, 0.4) is 0 Å². The maximum Gasteiger partial charge on any atom is 0.333 e. The normalized spacial score (nSPS) is 13.8. The number of rotatable bonds is 3. The van der Waals surface area contributed by atoms with Crippen LogP contribution in [-0.2, 0) is 6.54 Å². The number of carbonyl (C=O) groups is 1. The quantitative estimate of drug-likeness (QED) is 0.548. The van der Waals surface area contributed by atoms with Gasteiger partial charge in [-0.2, -0.15) is 0 Å². The molecule has 144 valence electrons. The number of aromatic nitrogens is 5. The third-order valence-electron chi connectivity index (χ3n) is 4.82. The number of nitrogens with zero attached hydrogens (tertiary/aromatic N) is 5. The number of pyridine rings is 1. The Labute approximate surface area is 165 Å². The monoisotopic (exact) mass is 387 g/mol. The van der Waals surface area contributed by atoms with Gasteiger partial charge in [0.25, 0.3) is 5.91 Å². The Morgan fingerprint density at radius 1 is 1.03 bits per heavy atom. The molecule has 0 radical (unpaired) electrons. The van der Waals surface area contributed by atoms with E-state index in [1.807, 2.05) is 35.2 Å². The van der Waals surface area contributed by atoms with Crippen molar-refractivity contribution in [1.82, 2.24) is 29.8 Å². The molecule has 1 aliphatic heterocycles. The second-order valence-electron chi connectivity index (χ2n) is 6.70. The fraction of sp³-hybridized carbons (Fsp3) is 0.150. The number of hydrogen-bond donors (Lipinski definition) is 2. The molecule has 1 amide bonds. The third kappa shape index (κ3) is 3.02. The summed E-state index contributed by atoms with van der Waals surface area (Å²) in [5, 5.41) is 2.84. The summed E-state index contributed by atoms with van der Waals surface area (Å²) < 4.78 is 1.42. The Morgan fingerprint density at radius 3 is 2.76 bits per heavy atom. The van der Waals surface area contributed by atoms with Crippen molar-refractivity contribution in [1.29, 1.82) is 0 Å². The topological polar surface area (TPSA) is 109 Å². The zero-order valence-corrected chi connectivity index (χ0v) is 15.4. The summed E-state index contributed by atoms with van der Waals surface area (Å²) in [7, 11) is 0. The van der Waals surface area contributed by atoms with Gasteiger partial charge >= 0.3 is 5.69 Å². The number of carbonyl (C=O) groups excluding carboxylic acids is 1. The zero-order chi connectivity index (χ0) is 19.8. The minimum absolute atomic E-state index is 0.244. The molecule has 0 fully saturated rings. The van der Waals surface area contributed by atoms with E-state index in [9.17, 15) is 9.59 Å². The van der Waals surface area contributed by atoms with Gasteiger partial charge in [0.1, 0.15) is 0 Å². The van der Waals surface area contributed by atoms with Crippen LogP contribution in [0.5, 0.6) is 0 Å². The van der Waals surface area contributed by atoms with Crippen molar-refractivity contribution in [2.45, 2.75) is 6.54 Å². The highest BCUT2D eigenvalue weighted by atomic mass is 16.2. The van der Waals surface area contributed by atoms with Crippen LogP contribution in [0.1, 0.15) is 16.1 Å². The molecule has 5 rings (SSSR count). The molecule has 2 N–H and O–H groups in total. The summed E-state index contributed by atoms with van der Waals surface area (Å²) in [5.74, 6) is 0.509. The van der Waals surface area contributed by atoms with E-state index in [4.69, 9.17) is 0 Å². The first-order valence-electron chi connectivity index (χ1n) is 9.21. The number of anilines is 1. The molecule has 4 heterocycles. The fourth-order valence-corrected chi connectivity index (χ4v) is 3.48. The largest absolute Gasteiger partial charge is 0.349 e. The summed E-state index contributed by atoms with van der Waals surface area (Å²) in [4.78, 5) is 42.9. The molecular weight excluding hydrogens is 370 g/mol. The number of H-pyrrole nitrogens is 1. The van der Waals surface area contributed by atoms with Crippen LogP contribution in [0.2, 0.25) is 0 Å². The summed E-state index contributed by atoms with van der Waals surface area (Å²) >= 11 is 0. The van der Waals surface area contributed by atoms with Crippen molar-refractivity contribution in [2.75, 3.05) is 18.0 Å². The molecule has 0 unspecified atom stereocenters. The Bertz CT molecular complexity index is 1260. The molecule has 4 aromatic rings. The predicted octanol–water partition coefficient (Wildman–Crippen LogP) is 1.25. The maximum absolute atomic E-state index is 12.5. The molecule has 1 aliphatic rings. The molecule has 9 nitrogen and oxygen atoms in total. The predicted molar refractivity (Wildman–Crippen MR) is 107 cm³/mol. The highest BCUT2D eigenvalue weighted by molar-refractivity contribution is 5.97. The highest BCUT2D eigenvalue weighted by Gasteiger charge is 2.25. The summed E-state index contributed by atoms with van der Waals surface area (Å²) in [6.45, 7) is 1.64. The second kappa shape index (κ2) is 6.86. The van der Waals surface area contributed by atoms with E-state index in [-0.39, 0.29) is 17.3 Å². The van der Waals surface area contributed by atoms with Crippen LogP contribution in [0.25, 0.3) is 17.0 Å². The molecule has 0 bridgehead atoms. The van der Waals surface area contributed by atoms with E-state index in [2.05, 4.69) is 25.3 Å². The Kier molecular flexibility index (Phi) is 4.05. The van der Waals surface area contributed by atoms with Crippen molar-refractivity contribution >= 4 is 22.9 Å². The summed E-state index contributed by atoms with van der Waals surface area (Å²) in [5.41, 5.74) is 2.04. The van der Waals surface area contributed by atoms with E-state index >= 15 is 0 Å². The van der Waals surface area contributed by atoms with Gasteiger partial charge in [-0.05, 0) is 17.7 Å². The lowest BCUT2D eigenvalue weighted by Crippen LogP contribution is -2.30. The van der Waals surface area contributed by atoms with Crippen molar-refractivity contribution in [2.24, 2.45) is 0 Å². The average Bonchev–Trinajstić information content (AvgIpc) is 3.00. The van der Waals surface area contributed by atoms with Crippen molar-refractivity contribution in [3.05, 3.63) is 76.6 Å². The van der Waals surface area contributed by atoms with Crippen LogP contribution in [0, 0.1) is 0 Å². The lowest BCUT2D eigenvalue weighted by atomic mass is 10.2. The zero-order valence-electron chi connectivity index (χ0n) is 15.4. The molecule has 0 spiro atoms. The number of benzene rings is 1. The highest BCUT2D eigenvalue weighted by Crippen LogP contribution is 2.22. The standard InChI is InChI=1S/C20H17N7O2/c28-19-16-18(26(10-9-22-19)12-13-5-2-1-3-6-13)24-15(11-23-16)27-14-7-4-8-21-17(14)25-20(27)29/h1-8,11H,9-10,12H2,(H,22,28)(H,21,25,29). The van der Waals surface area contributed by atoms with Gasteiger partial charge in [0.2, 0.25) is 0 Å². The fourth-order valence-electron chi connectivity index (χ4n) is 3.48. The molecule has 1 aromatic carbocycles. The molecule has 0 atom stereocenters. The van der Waals surface area contributed by atoms with Crippen LogP contribution in [0.4, 0.5) is 5.82 Å². The lowest BCUT2D eigenvalue weighted by molar-refractivity contribution is 0.0953. The molecule has 3 aromatic heterocycles. The van der Waals surface area contributed by atoms with Gasteiger partial charge in [-0.25, -0.2) is 24.3 Å². The van der Waals surface area contributed by atoms with Crippen molar-refractivity contribution in [3.63, 3.8) is 0 Å². The molecule has 9 heteroatoms. The van der Waals surface area contributed by atoms with Crippen LogP contribution in [0.15, 0.2) is 59.7 Å². The molecular formula is C20H17N7O2. The van der Waals surface area contributed by atoms with Gasteiger partial charge < -0.3 is 10.2 Å². The molecule has 0 saturated carbocycles. The van der Waals surface area contributed by atoms with Gasteiger partial charge in [-0.3, -0.25) is 9.78 Å². The van der Waals surface area contributed by atoms with E-state index < -0.39 is 0 Å². The van der Waals surface area contributed by atoms with E-state index in [0.717, 1.165) is 5.56 Å². The Hall–Kier alpha value is -4.01. The Balaban J connectivity index is 1.64. The van der Waals surface area contributed by atoms with Crippen LogP contribution >= 0.6 is 0 Å². The average molecular weight is 387 g/mol. The SMILES string of the molecule is O=C1NCCN(Cc2ccccc2)c2nc(-n3c(=O)[nH]c4ncccc43)cnc21. The van der Waals surface area contributed by atoms with Crippen molar-refractivity contribution in [3.8, 4) is 5.82 Å². The second-order valence-corrected chi connectivity index (χ2v) is 6.70. The smallest absolute Gasteiger partial charge is 0.333 e. The van der Waals surface area contributed by atoms with Crippen LogP contribution < -0.4 is 15.9 Å². The van der Waals surface area contributed by atoms with E-state index in [1.54, 1.807) is 18.3 Å². The number of hydrogen-bond acceptors (Lipinski definition) is 6. The summed E-state index contributed by atoms with van der Waals surface area (Å²) in [6.07, 6.45) is 3.04. The number of aromatic amines is 1. The van der Waals surface area contributed by atoms with Gasteiger partial charge in [-0.15, -0.1) is 0 Å². The van der Waals surface area contributed by atoms with E-state index in [0.29, 0.717) is 42.4 Å². The first-order chi connectivity index (χ1) is 14.2. The number of fused-ring (bicyclic) bond motifs is 2. The third-order valence-corrected chi connectivity index (χ3v) is 4.82. The minimum Gasteiger partial charge on any atom is -0.349 e. The molecule has 29 heavy (non-hydrogen) atoms. The number of imidazole rings is 1. The number of amides is 1. The van der Waals surface area contributed by atoms with Gasteiger partial charge in [-0.1, -0.05) is 30.3 Å². The van der Waals surface area contributed by atoms with Crippen LogP contribution in [-0.4, -0.2) is 43.5 Å². The lowest BCUT2D eigenvalue weighted by Gasteiger charge is -2.23. The van der Waals surface area contributed by atoms with E-state index in [1.165, 1.54) is 10.8 Å². The first-order valence-corrected chi connectivity index (χ1v) is 9.21. The van der Waals surface area contributed by atoms with Crippen molar-refractivity contribution < 1.29 is 4.79 Å². The first kappa shape index (κ1) is 17.1. The maximum atomic E-state index is 12.5. The minimum atomic E-state index is -0.361. The summed E-state index contributed by atoms with van der Waals surface area (Å²) in [6, 6.07) is 13.5. The van der Waals surface area contributed by atoms with Gasteiger partial charge in [0.05, 0.1) is 11.7 Å². The Morgan fingerprint density at radius 2 is 1.90 bits per heavy atom. The van der Waals surface area contributed by atoms with Gasteiger partial charge in [0, 0.05) is 25.8 Å². The van der Waals surface area contributed by atoms with Gasteiger partial charge in [0.15, 0.2) is 23.0 Å². The molecule has 0 saturated heterocycles.